The second kappa shape index (κ2) is 4.92. The molecule has 4 nitrogen and oxygen atoms in total. The Balaban J connectivity index is 1.90. The van der Waals surface area contributed by atoms with E-state index in [1.807, 2.05) is 37.3 Å². The van der Waals surface area contributed by atoms with E-state index in [9.17, 15) is 4.79 Å². The first-order valence-electron chi connectivity index (χ1n) is 6.19. The van der Waals surface area contributed by atoms with Gasteiger partial charge in [0.1, 0.15) is 17.5 Å². The van der Waals surface area contributed by atoms with E-state index in [0.717, 1.165) is 21.3 Å². The van der Waals surface area contributed by atoms with Crippen molar-refractivity contribution in [2.75, 3.05) is 5.32 Å². The Bertz CT molecular complexity index is 700. The van der Waals surface area contributed by atoms with Gasteiger partial charge in [-0.25, -0.2) is 0 Å². The summed E-state index contributed by atoms with van der Waals surface area (Å²) >= 11 is 3.47. The van der Waals surface area contributed by atoms with E-state index >= 15 is 0 Å². The second-order valence-electron chi connectivity index (χ2n) is 4.75. The molecule has 0 bridgehead atoms. The molecule has 0 radical (unpaired) electrons. The number of aryl methyl sites for hydroxylation is 1. The maximum absolute atomic E-state index is 11.5. The lowest BCUT2D eigenvalue weighted by Gasteiger charge is -2.10. The molecule has 0 saturated heterocycles. The first kappa shape index (κ1) is 13.1. The van der Waals surface area contributed by atoms with E-state index in [4.69, 9.17) is 10.5 Å². The molecule has 1 amide bonds. The van der Waals surface area contributed by atoms with Crippen LogP contribution in [0.5, 0.6) is 11.5 Å². The molecule has 1 aliphatic rings. The molecular formula is C15H13BrN2O2. The lowest BCUT2D eigenvalue weighted by molar-refractivity contribution is -0.116. The SMILES string of the molecule is Cc1ccc(Oc2ccc3c(c2)NC(=O)C3N)c(Br)c1. The quantitative estimate of drug-likeness (QED) is 0.884. The van der Waals surface area contributed by atoms with Gasteiger partial charge in [-0.1, -0.05) is 12.1 Å². The zero-order valence-corrected chi connectivity index (χ0v) is 12.4. The van der Waals surface area contributed by atoms with Crippen molar-refractivity contribution in [3.8, 4) is 11.5 Å². The van der Waals surface area contributed by atoms with Crippen molar-refractivity contribution in [2.24, 2.45) is 5.73 Å². The maximum atomic E-state index is 11.5. The summed E-state index contributed by atoms with van der Waals surface area (Å²) in [7, 11) is 0. The summed E-state index contributed by atoms with van der Waals surface area (Å²) in [5.74, 6) is 1.19. The average molecular weight is 333 g/mol. The molecule has 3 rings (SSSR count). The van der Waals surface area contributed by atoms with Crippen LogP contribution in [0.15, 0.2) is 40.9 Å². The Labute approximate surface area is 125 Å². The fourth-order valence-corrected chi connectivity index (χ4v) is 2.72. The molecule has 1 atom stereocenters. The smallest absolute Gasteiger partial charge is 0.245 e. The lowest BCUT2D eigenvalue weighted by Crippen LogP contribution is -2.19. The van der Waals surface area contributed by atoms with Gasteiger partial charge in [0.2, 0.25) is 5.91 Å². The van der Waals surface area contributed by atoms with E-state index in [0.29, 0.717) is 11.4 Å². The van der Waals surface area contributed by atoms with Gasteiger partial charge in [0, 0.05) is 17.3 Å². The third kappa shape index (κ3) is 2.30. The molecule has 0 saturated carbocycles. The predicted octanol–water partition coefficient (Wildman–Crippen LogP) is 3.50. The largest absolute Gasteiger partial charge is 0.456 e. The summed E-state index contributed by atoms with van der Waals surface area (Å²) in [6.07, 6.45) is 0. The monoisotopic (exact) mass is 332 g/mol. The number of halogens is 1. The minimum absolute atomic E-state index is 0.186. The third-order valence-electron chi connectivity index (χ3n) is 3.22. The first-order valence-corrected chi connectivity index (χ1v) is 6.98. The van der Waals surface area contributed by atoms with Crippen molar-refractivity contribution in [1.29, 1.82) is 0 Å². The highest BCUT2D eigenvalue weighted by molar-refractivity contribution is 9.10. The highest BCUT2D eigenvalue weighted by atomic mass is 79.9. The number of nitrogens with one attached hydrogen (secondary N) is 1. The van der Waals surface area contributed by atoms with Crippen LogP contribution in [-0.2, 0) is 4.79 Å². The van der Waals surface area contributed by atoms with Crippen LogP contribution < -0.4 is 15.8 Å². The number of rotatable bonds is 2. The molecule has 0 aliphatic carbocycles. The standard InChI is InChI=1S/C15H13BrN2O2/c1-8-2-5-13(11(16)6-8)20-9-3-4-10-12(7-9)18-15(19)14(10)17/h2-7,14H,17H2,1H3,(H,18,19). The van der Waals surface area contributed by atoms with Crippen molar-refractivity contribution in [1.82, 2.24) is 0 Å². The number of benzene rings is 2. The van der Waals surface area contributed by atoms with Crippen LogP contribution >= 0.6 is 15.9 Å². The van der Waals surface area contributed by atoms with Gasteiger partial charge in [-0.2, -0.15) is 0 Å². The molecule has 2 aromatic rings. The molecule has 0 spiro atoms. The third-order valence-corrected chi connectivity index (χ3v) is 3.84. The molecule has 1 unspecified atom stereocenters. The fourth-order valence-electron chi connectivity index (χ4n) is 2.15. The van der Waals surface area contributed by atoms with Crippen LogP contribution in [-0.4, -0.2) is 5.91 Å². The Morgan fingerprint density at radius 1 is 1.25 bits per heavy atom. The van der Waals surface area contributed by atoms with E-state index in [1.165, 1.54) is 0 Å². The number of carbonyl (C=O) groups is 1. The number of fused-ring (bicyclic) bond motifs is 1. The predicted molar refractivity (Wildman–Crippen MR) is 81.0 cm³/mol. The molecule has 102 valence electrons. The molecule has 20 heavy (non-hydrogen) atoms. The van der Waals surface area contributed by atoms with Gasteiger partial charge in [0.05, 0.1) is 4.47 Å². The van der Waals surface area contributed by atoms with Crippen LogP contribution in [0.25, 0.3) is 0 Å². The summed E-state index contributed by atoms with van der Waals surface area (Å²) < 4.78 is 6.71. The molecular weight excluding hydrogens is 320 g/mol. The normalized spacial score (nSPS) is 16.8. The summed E-state index contributed by atoms with van der Waals surface area (Å²) in [5, 5.41) is 2.74. The Morgan fingerprint density at radius 2 is 2.05 bits per heavy atom. The lowest BCUT2D eigenvalue weighted by atomic mass is 10.1. The molecule has 0 aromatic heterocycles. The fraction of sp³-hybridized carbons (Fsp3) is 0.133. The summed E-state index contributed by atoms with van der Waals surface area (Å²) in [4.78, 5) is 11.5. The van der Waals surface area contributed by atoms with Gasteiger partial charge in [-0.05, 0) is 46.6 Å². The summed E-state index contributed by atoms with van der Waals surface area (Å²) in [6.45, 7) is 2.01. The van der Waals surface area contributed by atoms with Crippen LogP contribution in [0, 0.1) is 6.92 Å². The van der Waals surface area contributed by atoms with Gasteiger partial charge in [0.15, 0.2) is 0 Å². The molecule has 1 heterocycles. The highest BCUT2D eigenvalue weighted by Crippen LogP contribution is 2.36. The van der Waals surface area contributed by atoms with E-state index in [1.54, 1.807) is 6.07 Å². The van der Waals surface area contributed by atoms with Crippen molar-refractivity contribution in [3.05, 3.63) is 52.0 Å². The van der Waals surface area contributed by atoms with Gasteiger partial charge in [0.25, 0.3) is 0 Å². The second-order valence-corrected chi connectivity index (χ2v) is 5.61. The molecule has 3 N–H and O–H groups in total. The van der Waals surface area contributed by atoms with Gasteiger partial charge < -0.3 is 15.8 Å². The molecule has 0 fully saturated rings. The number of amides is 1. The summed E-state index contributed by atoms with van der Waals surface area (Å²) in [5.41, 5.74) is 8.43. The van der Waals surface area contributed by atoms with Crippen molar-refractivity contribution in [2.45, 2.75) is 13.0 Å². The zero-order valence-electron chi connectivity index (χ0n) is 10.8. The van der Waals surface area contributed by atoms with E-state index in [-0.39, 0.29) is 5.91 Å². The van der Waals surface area contributed by atoms with Gasteiger partial charge in [-0.3, -0.25) is 4.79 Å². The van der Waals surface area contributed by atoms with Gasteiger partial charge >= 0.3 is 0 Å². The van der Waals surface area contributed by atoms with Crippen molar-refractivity contribution >= 4 is 27.5 Å². The van der Waals surface area contributed by atoms with Crippen LogP contribution in [0.1, 0.15) is 17.2 Å². The number of hydrogen-bond donors (Lipinski definition) is 2. The Kier molecular flexibility index (Phi) is 3.23. The van der Waals surface area contributed by atoms with Crippen LogP contribution in [0.3, 0.4) is 0 Å². The number of nitrogens with two attached hydrogens (primary N) is 1. The Hall–Kier alpha value is -1.85. The van der Waals surface area contributed by atoms with Crippen LogP contribution in [0.2, 0.25) is 0 Å². The Morgan fingerprint density at radius 3 is 2.80 bits per heavy atom. The van der Waals surface area contributed by atoms with Crippen LogP contribution in [0.4, 0.5) is 5.69 Å². The highest BCUT2D eigenvalue weighted by Gasteiger charge is 2.27. The maximum Gasteiger partial charge on any atom is 0.245 e. The molecule has 2 aromatic carbocycles. The molecule has 5 heteroatoms. The van der Waals surface area contributed by atoms with Gasteiger partial charge in [-0.15, -0.1) is 0 Å². The van der Waals surface area contributed by atoms with E-state index < -0.39 is 6.04 Å². The zero-order chi connectivity index (χ0) is 14.3. The number of ether oxygens (including phenoxy) is 1. The number of hydrogen-bond acceptors (Lipinski definition) is 3. The minimum Gasteiger partial charge on any atom is -0.456 e. The van der Waals surface area contributed by atoms with Crippen molar-refractivity contribution in [3.63, 3.8) is 0 Å². The summed E-state index contributed by atoms with van der Waals surface area (Å²) in [6, 6.07) is 10.7. The number of carbonyl (C=O) groups excluding carboxylic acids is 1. The molecule has 1 aliphatic heterocycles. The van der Waals surface area contributed by atoms with Crippen molar-refractivity contribution < 1.29 is 9.53 Å². The minimum atomic E-state index is -0.592. The topological polar surface area (TPSA) is 64.3 Å². The first-order chi connectivity index (χ1) is 9.54. The average Bonchev–Trinajstić information content (AvgIpc) is 2.68. The number of anilines is 1. The van der Waals surface area contributed by atoms with E-state index in [2.05, 4.69) is 21.2 Å².